The molecule has 0 saturated carbocycles. The fourth-order valence-corrected chi connectivity index (χ4v) is 3.46. The predicted octanol–water partition coefficient (Wildman–Crippen LogP) is 3.67. The average Bonchev–Trinajstić information content (AvgIpc) is 2.97. The zero-order valence-electron chi connectivity index (χ0n) is 15.1. The van der Waals surface area contributed by atoms with Crippen LogP contribution < -0.4 is 9.46 Å². The Kier molecular flexibility index (Phi) is 5.56. The van der Waals surface area contributed by atoms with Crippen LogP contribution in [0.15, 0.2) is 55.1 Å². The number of halogens is 3. The van der Waals surface area contributed by atoms with Crippen LogP contribution in [0.2, 0.25) is 0 Å². The van der Waals surface area contributed by atoms with Crippen LogP contribution in [0.4, 0.5) is 18.9 Å². The summed E-state index contributed by atoms with van der Waals surface area (Å²) < 4.78 is 66.6. The van der Waals surface area contributed by atoms with E-state index in [1.807, 2.05) is 6.07 Å². The van der Waals surface area contributed by atoms with Gasteiger partial charge in [-0.3, -0.25) is 9.52 Å². The van der Waals surface area contributed by atoms with Crippen LogP contribution in [0.5, 0.6) is 5.75 Å². The lowest BCUT2D eigenvalue weighted by molar-refractivity contribution is -0.0429. The molecule has 2 aromatic carbocycles. The molecule has 0 saturated heterocycles. The molecule has 0 unspecified atom stereocenters. The number of alkyl halides is 3. The van der Waals surface area contributed by atoms with Gasteiger partial charge in [-0.2, -0.15) is 21.6 Å². The first kappa shape index (κ1) is 20.7. The summed E-state index contributed by atoms with van der Waals surface area (Å²) in [7, 11) is -5.48. The molecule has 1 aliphatic rings. The first-order valence-electron chi connectivity index (χ1n) is 8.45. The average molecular weight is 426 g/mol. The number of fused-ring (bicyclic) bond motifs is 1. The first-order valence-corrected chi connectivity index (χ1v) is 9.93. The number of benzene rings is 2. The van der Waals surface area contributed by atoms with Gasteiger partial charge in [0.15, 0.2) is 0 Å². The second-order valence-corrected chi connectivity index (χ2v) is 7.97. The zero-order valence-corrected chi connectivity index (χ0v) is 15.9. The van der Waals surface area contributed by atoms with E-state index in [-0.39, 0.29) is 24.7 Å². The third-order valence-corrected chi connectivity index (χ3v) is 5.33. The number of hydrogen-bond acceptors (Lipinski definition) is 4. The number of sulfonamides is 1. The summed E-state index contributed by atoms with van der Waals surface area (Å²) in [5.41, 5.74) is -3.70. The van der Waals surface area contributed by atoms with Crippen molar-refractivity contribution in [3.63, 3.8) is 0 Å². The monoisotopic (exact) mass is 426 g/mol. The number of carbonyl (C=O) groups excluding carboxylic acids is 1. The summed E-state index contributed by atoms with van der Waals surface area (Å²) in [4.78, 5) is 14.3. The molecule has 0 radical (unpaired) electrons. The van der Waals surface area contributed by atoms with E-state index in [0.717, 1.165) is 5.56 Å². The zero-order chi connectivity index (χ0) is 21.2. The third-order valence-electron chi connectivity index (χ3n) is 4.22. The first-order chi connectivity index (χ1) is 13.6. The molecule has 1 N–H and O–H groups in total. The van der Waals surface area contributed by atoms with Crippen molar-refractivity contribution >= 4 is 21.6 Å². The van der Waals surface area contributed by atoms with Crippen LogP contribution in [0, 0.1) is 0 Å². The van der Waals surface area contributed by atoms with Crippen LogP contribution >= 0.6 is 0 Å². The van der Waals surface area contributed by atoms with Crippen molar-refractivity contribution in [1.82, 2.24) is 4.90 Å². The summed E-state index contributed by atoms with van der Waals surface area (Å²) in [6, 6.07) is 10.7. The number of nitrogens with zero attached hydrogens (tertiary/aromatic N) is 1. The molecule has 6 nitrogen and oxygen atoms in total. The van der Waals surface area contributed by atoms with Crippen LogP contribution in [-0.2, 0) is 23.1 Å². The van der Waals surface area contributed by atoms with E-state index in [2.05, 4.69) is 6.58 Å². The molecular formula is C19H17F3N2O4S. The van der Waals surface area contributed by atoms with Gasteiger partial charge in [0.25, 0.3) is 5.91 Å². The Bertz CT molecular complexity index is 1030. The summed E-state index contributed by atoms with van der Waals surface area (Å²) >= 11 is 0. The maximum absolute atomic E-state index is 12.8. The number of nitrogens with one attached hydrogen (secondary N) is 1. The number of carbonyl (C=O) groups is 1. The maximum Gasteiger partial charge on any atom is 0.516 e. The van der Waals surface area contributed by atoms with Gasteiger partial charge in [-0.05, 0) is 29.3 Å². The molecule has 0 atom stereocenters. The fraction of sp³-hybridized carbons (Fsp3) is 0.211. The molecule has 0 fully saturated rings. The second kappa shape index (κ2) is 7.78. The van der Waals surface area contributed by atoms with Gasteiger partial charge in [-0.1, -0.05) is 36.9 Å². The summed E-state index contributed by atoms with van der Waals surface area (Å²) in [5.74, 6) is 0.244. The SMILES string of the molecule is C=CCOc1cccc2c1C(=O)N(Cc1ccc(NS(=O)(=O)C(F)(F)F)cc1)C2. The van der Waals surface area contributed by atoms with E-state index in [4.69, 9.17) is 4.74 Å². The minimum Gasteiger partial charge on any atom is -0.489 e. The van der Waals surface area contributed by atoms with Gasteiger partial charge in [0, 0.05) is 18.8 Å². The summed E-state index contributed by atoms with van der Waals surface area (Å²) in [6.07, 6.45) is 1.57. The summed E-state index contributed by atoms with van der Waals surface area (Å²) in [5, 5.41) is 0. The van der Waals surface area contributed by atoms with Gasteiger partial charge in [-0.25, -0.2) is 0 Å². The lowest BCUT2D eigenvalue weighted by Crippen LogP contribution is -2.29. The van der Waals surface area contributed by atoms with E-state index in [9.17, 15) is 26.4 Å². The summed E-state index contributed by atoms with van der Waals surface area (Å²) in [6.45, 7) is 4.41. The van der Waals surface area contributed by atoms with Crippen LogP contribution in [0.3, 0.4) is 0 Å². The fourth-order valence-electron chi connectivity index (χ4n) is 2.89. The third kappa shape index (κ3) is 4.37. The lowest BCUT2D eigenvalue weighted by atomic mass is 10.1. The van der Waals surface area contributed by atoms with Crippen molar-refractivity contribution in [1.29, 1.82) is 0 Å². The minimum absolute atomic E-state index is 0.209. The standard InChI is InChI=1S/C19H17F3N2O4S/c1-2-10-28-16-5-3-4-14-12-24(18(25)17(14)16)11-13-6-8-15(9-7-13)23-29(26,27)19(20,21)22/h2-9,23H,1,10-12H2. The minimum atomic E-state index is -5.48. The number of rotatable bonds is 7. The van der Waals surface area contributed by atoms with Crippen molar-refractivity contribution in [3.05, 3.63) is 71.8 Å². The highest BCUT2D eigenvalue weighted by atomic mass is 32.2. The van der Waals surface area contributed by atoms with Crippen LogP contribution in [0.1, 0.15) is 21.5 Å². The molecule has 1 aliphatic heterocycles. The van der Waals surface area contributed by atoms with Crippen molar-refractivity contribution in [2.45, 2.75) is 18.6 Å². The van der Waals surface area contributed by atoms with Gasteiger partial charge in [0.2, 0.25) is 0 Å². The highest BCUT2D eigenvalue weighted by molar-refractivity contribution is 7.93. The molecular weight excluding hydrogens is 409 g/mol. The Morgan fingerprint density at radius 2 is 1.86 bits per heavy atom. The van der Waals surface area contributed by atoms with Gasteiger partial charge < -0.3 is 9.64 Å². The molecule has 0 aliphatic carbocycles. The van der Waals surface area contributed by atoms with E-state index in [1.165, 1.54) is 29.0 Å². The van der Waals surface area contributed by atoms with E-state index in [1.54, 1.807) is 23.1 Å². The normalized spacial score (nSPS) is 13.9. The lowest BCUT2D eigenvalue weighted by Gasteiger charge is -2.16. The van der Waals surface area contributed by atoms with Crippen molar-refractivity contribution < 1.29 is 31.1 Å². The van der Waals surface area contributed by atoms with Gasteiger partial charge in [0.05, 0.1) is 5.56 Å². The van der Waals surface area contributed by atoms with Crippen LogP contribution in [-0.4, -0.2) is 31.3 Å². The highest BCUT2D eigenvalue weighted by Crippen LogP contribution is 2.32. The second-order valence-electron chi connectivity index (χ2n) is 6.30. The van der Waals surface area contributed by atoms with Crippen molar-refractivity contribution in [3.8, 4) is 5.75 Å². The van der Waals surface area contributed by atoms with E-state index >= 15 is 0 Å². The van der Waals surface area contributed by atoms with E-state index in [0.29, 0.717) is 23.4 Å². The Morgan fingerprint density at radius 3 is 2.48 bits per heavy atom. The van der Waals surface area contributed by atoms with Gasteiger partial charge in [-0.15, -0.1) is 0 Å². The molecule has 0 bridgehead atoms. The molecule has 1 heterocycles. The smallest absolute Gasteiger partial charge is 0.489 e. The van der Waals surface area contributed by atoms with Crippen molar-refractivity contribution in [2.24, 2.45) is 0 Å². The molecule has 0 spiro atoms. The topological polar surface area (TPSA) is 75.7 Å². The molecule has 0 aromatic heterocycles. The Balaban J connectivity index is 1.71. The Morgan fingerprint density at radius 1 is 1.17 bits per heavy atom. The number of amides is 1. The number of hydrogen-bond donors (Lipinski definition) is 1. The van der Waals surface area contributed by atoms with Crippen LogP contribution in [0.25, 0.3) is 0 Å². The molecule has 10 heteroatoms. The molecule has 3 rings (SSSR count). The van der Waals surface area contributed by atoms with Gasteiger partial charge in [0.1, 0.15) is 12.4 Å². The molecule has 1 amide bonds. The predicted molar refractivity (Wildman–Crippen MR) is 101 cm³/mol. The number of ether oxygens (including phenoxy) is 1. The molecule has 154 valence electrons. The number of anilines is 1. The molecule has 29 heavy (non-hydrogen) atoms. The quantitative estimate of drug-likeness (QED) is 0.686. The molecule has 2 aromatic rings. The Hall–Kier alpha value is -3.01. The maximum atomic E-state index is 12.8. The highest BCUT2D eigenvalue weighted by Gasteiger charge is 2.46. The van der Waals surface area contributed by atoms with Gasteiger partial charge >= 0.3 is 15.5 Å². The largest absolute Gasteiger partial charge is 0.516 e. The Labute approximate surface area is 165 Å². The van der Waals surface area contributed by atoms with E-state index < -0.39 is 15.5 Å². The van der Waals surface area contributed by atoms with Crippen molar-refractivity contribution in [2.75, 3.05) is 11.3 Å².